The smallest absolute Gasteiger partial charge is 0.269 e. The van der Waals surface area contributed by atoms with E-state index in [-0.39, 0.29) is 11.3 Å². The fourth-order valence-corrected chi connectivity index (χ4v) is 3.33. The summed E-state index contributed by atoms with van der Waals surface area (Å²) in [6.07, 6.45) is 1.97. The summed E-state index contributed by atoms with van der Waals surface area (Å²) < 4.78 is 5.38. The summed E-state index contributed by atoms with van der Waals surface area (Å²) in [6.45, 7) is 3.14. The lowest BCUT2D eigenvalue weighted by Crippen LogP contribution is -2.47. The van der Waals surface area contributed by atoms with Gasteiger partial charge in [-0.2, -0.15) is 5.10 Å². The number of aromatic amines is 1. The summed E-state index contributed by atoms with van der Waals surface area (Å²) in [6, 6.07) is 9.11. The zero-order valence-electron chi connectivity index (χ0n) is 14.3. The van der Waals surface area contributed by atoms with Crippen LogP contribution < -0.4 is 10.6 Å². The molecule has 1 aliphatic heterocycles. The van der Waals surface area contributed by atoms with Gasteiger partial charge in [-0.1, -0.05) is 23.7 Å². The molecule has 6 nitrogen and oxygen atoms in total. The molecule has 1 aromatic carbocycles. The number of piperidine rings is 1. The van der Waals surface area contributed by atoms with Crippen molar-refractivity contribution in [3.8, 4) is 11.3 Å². The molecule has 0 aliphatic carbocycles. The van der Waals surface area contributed by atoms with Gasteiger partial charge in [0, 0.05) is 29.7 Å². The van der Waals surface area contributed by atoms with E-state index in [4.69, 9.17) is 16.3 Å². The molecule has 2 aromatic rings. The quantitative estimate of drug-likeness (QED) is 0.737. The van der Waals surface area contributed by atoms with Gasteiger partial charge < -0.3 is 15.4 Å². The SMILES string of the molecule is COCC1(CNC(=O)c2cc(-c3ccc(Cl)cc3)n[nH]2)CCNCC1. The molecule has 25 heavy (non-hydrogen) atoms. The van der Waals surface area contributed by atoms with Crippen molar-refractivity contribution in [2.75, 3.05) is 33.4 Å². The standard InChI is InChI=1S/C18H23ClN4O2/c1-25-12-18(6-8-20-9-7-18)11-21-17(24)16-10-15(22-23-16)13-2-4-14(19)5-3-13/h2-5,10,20H,6-9,11-12H2,1H3,(H,21,24)(H,22,23). The van der Waals surface area contributed by atoms with Crippen LogP contribution in [0.1, 0.15) is 23.3 Å². The molecule has 0 unspecified atom stereocenters. The molecule has 1 aromatic heterocycles. The molecule has 3 rings (SSSR count). The third-order valence-corrected chi connectivity index (χ3v) is 4.95. The van der Waals surface area contributed by atoms with E-state index in [1.54, 1.807) is 25.3 Å². The number of benzene rings is 1. The van der Waals surface area contributed by atoms with Gasteiger partial charge in [0.25, 0.3) is 5.91 Å². The normalized spacial score (nSPS) is 16.6. The Balaban J connectivity index is 1.64. The molecule has 2 heterocycles. The fourth-order valence-electron chi connectivity index (χ4n) is 3.21. The first kappa shape index (κ1) is 17.9. The molecule has 1 amide bonds. The van der Waals surface area contributed by atoms with Crippen LogP contribution >= 0.6 is 11.6 Å². The maximum atomic E-state index is 12.5. The van der Waals surface area contributed by atoms with Crippen LogP contribution in [0.5, 0.6) is 0 Å². The molecule has 3 N–H and O–H groups in total. The number of nitrogens with one attached hydrogen (secondary N) is 3. The highest BCUT2D eigenvalue weighted by Crippen LogP contribution is 2.28. The van der Waals surface area contributed by atoms with E-state index >= 15 is 0 Å². The number of amides is 1. The minimum Gasteiger partial charge on any atom is -0.384 e. The molecule has 0 spiro atoms. The predicted octanol–water partition coefficient (Wildman–Crippen LogP) is 2.48. The van der Waals surface area contributed by atoms with Gasteiger partial charge >= 0.3 is 0 Å². The number of carbonyl (C=O) groups is 1. The Morgan fingerprint density at radius 3 is 2.72 bits per heavy atom. The van der Waals surface area contributed by atoms with Crippen molar-refractivity contribution in [1.29, 1.82) is 0 Å². The molecule has 1 saturated heterocycles. The Kier molecular flexibility index (Phi) is 5.73. The summed E-state index contributed by atoms with van der Waals surface area (Å²) in [5.74, 6) is -0.151. The summed E-state index contributed by atoms with van der Waals surface area (Å²) in [5, 5.41) is 14.1. The highest BCUT2D eigenvalue weighted by atomic mass is 35.5. The number of halogens is 1. The predicted molar refractivity (Wildman–Crippen MR) is 97.8 cm³/mol. The highest BCUT2D eigenvalue weighted by molar-refractivity contribution is 6.30. The topological polar surface area (TPSA) is 79.0 Å². The first-order chi connectivity index (χ1) is 12.1. The van der Waals surface area contributed by atoms with Crippen LogP contribution in [0.2, 0.25) is 5.02 Å². The van der Waals surface area contributed by atoms with E-state index in [9.17, 15) is 4.79 Å². The van der Waals surface area contributed by atoms with E-state index in [1.807, 2.05) is 12.1 Å². The second-order valence-corrected chi connectivity index (χ2v) is 6.98. The van der Waals surface area contributed by atoms with Crippen molar-refractivity contribution in [1.82, 2.24) is 20.8 Å². The Hall–Kier alpha value is -1.89. The average Bonchev–Trinajstić information content (AvgIpc) is 3.12. The Morgan fingerprint density at radius 2 is 2.04 bits per heavy atom. The highest BCUT2D eigenvalue weighted by Gasteiger charge is 2.32. The van der Waals surface area contributed by atoms with Crippen LogP contribution in [0.25, 0.3) is 11.3 Å². The lowest BCUT2D eigenvalue weighted by atomic mass is 9.79. The molecular formula is C18H23ClN4O2. The zero-order valence-corrected chi connectivity index (χ0v) is 15.0. The lowest BCUT2D eigenvalue weighted by molar-refractivity contribution is 0.0510. The van der Waals surface area contributed by atoms with Crippen molar-refractivity contribution >= 4 is 17.5 Å². The van der Waals surface area contributed by atoms with Gasteiger partial charge in [0.1, 0.15) is 5.69 Å². The van der Waals surface area contributed by atoms with E-state index < -0.39 is 0 Å². The number of carbonyl (C=O) groups excluding carboxylic acids is 1. The first-order valence-electron chi connectivity index (χ1n) is 8.41. The van der Waals surface area contributed by atoms with Gasteiger partial charge in [-0.25, -0.2) is 0 Å². The first-order valence-corrected chi connectivity index (χ1v) is 8.79. The lowest BCUT2D eigenvalue weighted by Gasteiger charge is -2.37. The second-order valence-electron chi connectivity index (χ2n) is 6.54. The van der Waals surface area contributed by atoms with Crippen molar-refractivity contribution < 1.29 is 9.53 Å². The number of H-pyrrole nitrogens is 1. The maximum absolute atomic E-state index is 12.5. The minimum atomic E-state index is -0.151. The molecule has 134 valence electrons. The number of nitrogens with zero attached hydrogens (tertiary/aromatic N) is 1. The van der Waals surface area contributed by atoms with E-state index in [0.29, 0.717) is 23.9 Å². The van der Waals surface area contributed by atoms with Crippen molar-refractivity contribution in [2.45, 2.75) is 12.8 Å². The summed E-state index contributed by atoms with van der Waals surface area (Å²) in [5.41, 5.74) is 2.07. The maximum Gasteiger partial charge on any atom is 0.269 e. The van der Waals surface area contributed by atoms with Gasteiger partial charge in [0.2, 0.25) is 0 Å². The van der Waals surface area contributed by atoms with Crippen molar-refractivity contribution in [3.63, 3.8) is 0 Å². The number of ether oxygens (including phenoxy) is 1. The largest absolute Gasteiger partial charge is 0.384 e. The Labute approximate surface area is 152 Å². The molecule has 1 aliphatic rings. The average molecular weight is 363 g/mol. The molecular weight excluding hydrogens is 340 g/mol. The monoisotopic (exact) mass is 362 g/mol. The van der Waals surface area contributed by atoms with Gasteiger partial charge in [-0.05, 0) is 44.1 Å². The molecule has 0 atom stereocenters. The summed E-state index contributed by atoms with van der Waals surface area (Å²) >= 11 is 5.90. The molecule has 0 saturated carbocycles. The molecule has 0 radical (unpaired) electrons. The van der Waals surface area contributed by atoms with E-state index in [2.05, 4.69) is 20.8 Å². The van der Waals surface area contributed by atoms with Crippen molar-refractivity contribution in [2.24, 2.45) is 5.41 Å². The van der Waals surface area contributed by atoms with E-state index in [0.717, 1.165) is 37.2 Å². The number of hydrogen-bond acceptors (Lipinski definition) is 4. The van der Waals surface area contributed by atoms with Crippen LogP contribution in [0, 0.1) is 5.41 Å². The van der Waals surface area contributed by atoms with Gasteiger partial charge in [0.05, 0.1) is 12.3 Å². The summed E-state index contributed by atoms with van der Waals surface area (Å²) in [4.78, 5) is 12.5. The number of aromatic nitrogens is 2. The second kappa shape index (κ2) is 7.99. The third kappa shape index (κ3) is 4.39. The zero-order chi connectivity index (χ0) is 17.7. The fraction of sp³-hybridized carbons (Fsp3) is 0.444. The van der Waals surface area contributed by atoms with Crippen LogP contribution in [-0.4, -0.2) is 49.5 Å². The van der Waals surface area contributed by atoms with Gasteiger partial charge in [-0.15, -0.1) is 0 Å². The van der Waals surface area contributed by atoms with E-state index in [1.165, 1.54) is 0 Å². The molecule has 0 bridgehead atoms. The van der Waals surface area contributed by atoms with Crippen LogP contribution in [-0.2, 0) is 4.74 Å². The third-order valence-electron chi connectivity index (χ3n) is 4.70. The molecule has 7 heteroatoms. The van der Waals surface area contributed by atoms with Crippen molar-refractivity contribution in [3.05, 3.63) is 41.0 Å². The van der Waals surface area contributed by atoms with Crippen LogP contribution in [0.4, 0.5) is 0 Å². The number of rotatable bonds is 6. The Bertz CT molecular complexity index is 703. The Morgan fingerprint density at radius 1 is 1.32 bits per heavy atom. The number of hydrogen-bond donors (Lipinski definition) is 3. The van der Waals surface area contributed by atoms with Crippen LogP contribution in [0.3, 0.4) is 0 Å². The van der Waals surface area contributed by atoms with Gasteiger partial charge in [0.15, 0.2) is 0 Å². The number of methoxy groups -OCH3 is 1. The van der Waals surface area contributed by atoms with Crippen LogP contribution in [0.15, 0.2) is 30.3 Å². The summed E-state index contributed by atoms with van der Waals surface area (Å²) in [7, 11) is 1.71. The minimum absolute atomic E-state index is 0.00527. The molecule has 1 fully saturated rings. The van der Waals surface area contributed by atoms with Gasteiger partial charge in [-0.3, -0.25) is 9.89 Å².